The second-order valence-corrected chi connectivity index (χ2v) is 8.86. The maximum Gasteiger partial charge on any atom is 0.325 e. The fraction of sp³-hybridized carbons (Fsp3) is 0.850. The fourth-order valence-corrected chi connectivity index (χ4v) is 5.14. The maximum absolute atomic E-state index is 12.9. The molecule has 1 saturated carbocycles. The Morgan fingerprint density at radius 3 is 2.48 bits per heavy atom. The van der Waals surface area contributed by atoms with Crippen molar-refractivity contribution in [2.75, 3.05) is 32.7 Å². The van der Waals surface area contributed by atoms with Gasteiger partial charge in [0.15, 0.2) is 0 Å². The smallest absolute Gasteiger partial charge is 0.325 e. The molecular formula is C20H34N4O3. The summed E-state index contributed by atoms with van der Waals surface area (Å²) in [6.07, 6.45) is 7.13. The molecule has 0 aromatic carbocycles. The molecule has 0 radical (unpaired) electrons. The number of hydrogen-bond donors (Lipinski definition) is 2. The van der Waals surface area contributed by atoms with Crippen LogP contribution in [0.5, 0.6) is 0 Å². The summed E-state index contributed by atoms with van der Waals surface area (Å²) in [7, 11) is 0. The van der Waals surface area contributed by atoms with Crippen molar-refractivity contribution in [1.29, 1.82) is 0 Å². The molecule has 0 aromatic heterocycles. The van der Waals surface area contributed by atoms with Gasteiger partial charge in [0.1, 0.15) is 12.1 Å². The van der Waals surface area contributed by atoms with E-state index >= 15 is 0 Å². The normalized spacial score (nSPS) is 32.0. The van der Waals surface area contributed by atoms with Crippen LogP contribution in [0, 0.1) is 11.8 Å². The highest BCUT2D eigenvalue weighted by Gasteiger charge is 2.54. The van der Waals surface area contributed by atoms with Crippen molar-refractivity contribution in [2.24, 2.45) is 11.8 Å². The summed E-state index contributed by atoms with van der Waals surface area (Å²) in [5.74, 6) is 0.295. The SMILES string of the molecule is C[C@@H]1C[C@@H](C)CC2(C1)NC(=O)N(CC(=O)NCCCN1CCCCC1)C2=O. The monoisotopic (exact) mass is 378 g/mol. The first-order valence-electron chi connectivity index (χ1n) is 10.5. The number of nitrogens with one attached hydrogen (secondary N) is 2. The number of likely N-dealkylation sites (tertiary alicyclic amines) is 1. The van der Waals surface area contributed by atoms with Gasteiger partial charge in [-0.3, -0.25) is 14.5 Å². The van der Waals surface area contributed by atoms with E-state index in [0.717, 1.165) is 37.4 Å². The van der Waals surface area contributed by atoms with E-state index in [1.807, 2.05) is 0 Å². The molecule has 2 N–H and O–H groups in total. The molecule has 7 heteroatoms. The van der Waals surface area contributed by atoms with Crippen LogP contribution in [0.2, 0.25) is 0 Å². The minimum Gasteiger partial charge on any atom is -0.354 e. The first-order valence-corrected chi connectivity index (χ1v) is 10.5. The Bertz CT molecular complexity index is 564. The highest BCUT2D eigenvalue weighted by atomic mass is 16.2. The Kier molecular flexibility index (Phi) is 6.40. The standard InChI is InChI=1S/C20H34N4O3/c1-15-11-16(2)13-20(12-15)18(26)24(19(27)22-20)14-17(25)21-7-6-10-23-8-4-3-5-9-23/h15-16H,3-14H2,1-2H3,(H,21,25)(H,22,27)/t15-,16-/m1/s1. The summed E-state index contributed by atoms with van der Waals surface area (Å²) >= 11 is 0. The van der Waals surface area contributed by atoms with Crippen molar-refractivity contribution in [1.82, 2.24) is 20.4 Å². The molecule has 2 atom stereocenters. The van der Waals surface area contributed by atoms with Crippen LogP contribution in [0.3, 0.4) is 0 Å². The number of piperidine rings is 1. The van der Waals surface area contributed by atoms with Crippen LogP contribution in [0.1, 0.15) is 58.8 Å². The van der Waals surface area contributed by atoms with Crippen molar-refractivity contribution in [3.63, 3.8) is 0 Å². The van der Waals surface area contributed by atoms with Gasteiger partial charge < -0.3 is 15.5 Å². The summed E-state index contributed by atoms with van der Waals surface area (Å²) < 4.78 is 0. The van der Waals surface area contributed by atoms with Crippen molar-refractivity contribution < 1.29 is 14.4 Å². The number of rotatable bonds is 6. The Morgan fingerprint density at radius 1 is 1.15 bits per heavy atom. The molecule has 0 aromatic rings. The van der Waals surface area contributed by atoms with E-state index < -0.39 is 11.6 Å². The largest absolute Gasteiger partial charge is 0.354 e. The van der Waals surface area contributed by atoms with Gasteiger partial charge in [-0.15, -0.1) is 0 Å². The first kappa shape index (κ1) is 20.1. The third-order valence-electron chi connectivity index (χ3n) is 6.17. The van der Waals surface area contributed by atoms with E-state index in [1.165, 1.54) is 19.3 Å². The Labute approximate surface area is 162 Å². The molecule has 2 saturated heterocycles. The highest BCUT2D eigenvalue weighted by molar-refractivity contribution is 6.09. The van der Waals surface area contributed by atoms with Gasteiger partial charge in [-0.05, 0) is 70.0 Å². The summed E-state index contributed by atoms with van der Waals surface area (Å²) in [6.45, 7) is 7.92. The number of urea groups is 1. The van der Waals surface area contributed by atoms with Crippen LogP contribution >= 0.6 is 0 Å². The van der Waals surface area contributed by atoms with E-state index in [0.29, 0.717) is 31.2 Å². The lowest BCUT2D eigenvalue weighted by atomic mass is 9.71. The van der Waals surface area contributed by atoms with Crippen LogP contribution in [-0.2, 0) is 9.59 Å². The minimum atomic E-state index is -0.803. The fourth-order valence-electron chi connectivity index (χ4n) is 5.14. The van der Waals surface area contributed by atoms with Gasteiger partial charge in [-0.2, -0.15) is 0 Å². The van der Waals surface area contributed by atoms with Gasteiger partial charge in [0, 0.05) is 6.54 Å². The van der Waals surface area contributed by atoms with Crippen LogP contribution < -0.4 is 10.6 Å². The van der Waals surface area contributed by atoms with Crippen LogP contribution in [-0.4, -0.2) is 65.9 Å². The number of imide groups is 1. The van der Waals surface area contributed by atoms with E-state index in [-0.39, 0.29) is 18.4 Å². The van der Waals surface area contributed by atoms with E-state index in [1.54, 1.807) is 0 Å². The zero-order valence-electron chi connectivity index (χ0n) is 16.8. The topological polar surface area (TPSA) is 81.8 Å². The minimum absolute atomic E-state index is 0.182. The lowest BCUT2D eigenvalue weighted by molar-refractivity contribution is -0.136. The van der Waals surface area contributed by atoms with E-state index in [9.17, 15) is 14.4 Å². The second kappa shape index (κ2) is 8.59. The number of hydrogen-bond acceptors (Lipinski definition) is 4. The van der Waals surface area contributed by atoms with Crippen LogP contribution in [0.25, 0.3) is 0 Å². The molecule has 0 unspecified atom stereocenters. The number of nitrogens with zero attached hydrogens (tertiary/aromatic N) is 2. The van der Waals surface area contributed by atoms with Gasteiger partial charge in [0.25, 0.3) is 5.91 Å². The summed E-state index contributed by atoms with van der Waals surface area (Å²) in [6, 6.07) is -0.426. The molecule has 152 valence electrons. The Morgan fingerprint density at radius 2 is 1.81 bits per heavy atom. The first-order chi connectivity index (χ1) is 12.9. The molecule has 1 spiro atoms. The van der Waals surface area contributed by atoms with Gasteiger partial charge in [-0.1, -0.05) is 20.3 Å². The number of amides is 4. The summed E-state index contributed by atoms with van der Waals surface area (Å²) in [5.41, 5.74) is -0.803. The molecule has 3 fully saturated rings. The predicted octanol–water partition coefficient (Wildman–Crippen LogP) is 1.73. The molecule has 1 aliphatic carbocycles. The molecule has 3 rings (SSSR count). The molecule has 7 nitrogen and oxygen atoms in total. The molecule has 4 amide bonds. The Balaban J connectivity index is 1.44. The molecular weight excluding hydrogens is 344 g/mol. The Hall–Kier alpha value is -1.63. The highest BCUT2D eigenvalue weighted by Crippen LogP contribution is 2.39. The van der Waals surface area contributed by atoms with Crippen LogP contribution in [0.4, 0.5) is 4.79 Å². The third kappa shape index (κ3) is 4.81. The van der Waals surface area contributed by atoms with E-state index in [4.69, 9.17) is 0 Å². The van der Waals surface area contributed by atoms with Crippen molar-refractivity contribution in [2.45, 2.75) is 64.3 Å². The average molecular weight is 379 g/mol. The molecule has 2 heterocycles. The number of carbonyl (C=O) groups is 3. The van der Waals surface area contributed by atoms with Crippen molar-refractivity contribution >= 4 is 17.8 Å². The third-order valence-corrected chi connectivity index (χ3v) is 6.17. The molecule has 3 aliphatic rings. The zero-order chi connectivity index (χ0) is 19.4. The molecule has 27 heavy (non-hydrogen) atoms. The van der Waals surface area contributed by atoms with Gasteiger partial charge >= 0.3 is 6.03 Å². The quantitative estimate of drug-likeness (QED) is 0.545. The lowest BCUT2D eigenvalue weighted by Crippen LogP contribution is -2.52. The van der Waals surface area contributed by atoms with Crippen molar-refractivity contribution in [3.8, 4) is 0 Å². The average Bonchev–Trinajstić information content (AvgIpc) is 2.82. The van der Waals surface area contributed by atoms with Gasteiger partial charge in [0.2, 0.25) is 5.91 Å². The van der Waals surface area contributed by atoms with Crippen LogP contribution in [0.15, 0.2) is 0 Å². The van der Waals surface area contributed by atoms with Crippen molar-refractivity contribution in [3.05, 3.63) is 0 Å². The second-order valence-electron chi connectivity index (χ2n) is 8.86. The maximum atomic E-state index is 12.9. The molecule has 0 bridgehead atoms. The predicted molar refractivity (Wildman–Crippen MR) is 103 cm³/mol. The lowest BCUT2D eigenvalue weighted by Gasteiger charge is -2.37. The summed E-state index contributed by atoms with van der Waals surface area (Å²) in [5, 5.41) is 5.76. The van der Waals surface area contributed by atoms with Gasteiger partial charge in [0.05, 0.1) is 0 Å². The number of carbonyl (C=O) groups excluding carboxylic acids is 3. The van der Waals surface area contributed by atoms with Gasteiger partial charge in [-0.25, -0.2) is 4.79 Å². The zero-order valence-corrected chi connectivity index (χ0v) is 16.8. The summed E-state index contributed by atoms with van der Waals surface area (Å²) in [4.78, 5) is 41.0. The van der Waals surface area contributed by atoms with E-state index in [2.05, 4.69) is 29.4 Å². The molecule has 2 aliphatic heterocycles.